The van der Waals surface area contributed by atoms with E-state index in [2.05, 4.69) is 65.7 Å². The third-order valence-corrected chi connectivity index (χ3v) is 6.30. The summed E-state index contributed by atoms with van der Waals surface area (Å²) in [5, 5.41) is 2.62. The highest BCUT2D eigenvalue weighted by atomic mass is 32.7. The average molecular weight is 295 g/mol. The van der Waals surface area contributed by atoms with Crippen LogP contribution in [0.3, 0.4) is 0 Å². The summed E-state index contributed by atoms with van der Waals surface area (Å²) >= 11 is 2.00. The van der Waals surface area contributed by atoms with Gasteiger partial charge in [-0.2, -0.15) is 0 Å². The molecule has 0 aliphatic carbocycles. The van der Waals surface area contributed by atoms with Crippen molar-refractivity contribution in [3.8, 4) is 0 Å². The minimum Gasteiger partial charge on any atom is -0.343 e. The van der Waals surface area contributed by atoms with E-state index in [0.29, 0.717) is 0 Å². The Labute approximate surface area is 124 Å². The van der Waals surface area contributed by atoms with Crippen LogP contribution < -0.4 is 0 Å². The third kappa shape index (κ3) is 2.09. The second kappa shape index (κ2) is 5.12. The van der Waals surface area contributed by atoms with Crippen LogP contribution in [-0.4, -0.2) is 22.6 Å². The summed E-state index contributed by atoms with van der Waals surface area (Å²) < 4.78 is 0. The number of fused-ring (bicyclic) bond motifs is 2. The summed E-state index contributed by atoms with van der Waals surface area (Å²) in [5.41, 5.74) is 4.12. The average Bonchev–Trinajstić information content (AvgIpc) is 2.54. The van der Waals surface area contributed by atoms with Gasteiger partial charge < -0.3 is 4.90 Å². The second-order valence-electron chi connectivity index (χ2n) is 4.93. The van der Waals surface area contributed by atoms with E-state index >= 15 is 0 Å². The van der Waals surface area contributed by atoms with Gasteiger partial charge in [0.05, 0.1) is 5.42 Å². The zero-order valence-corrected chi connectivity index (χ0v) is 12.7. The fourth-order valence-corrected chi connectivity index (χ4v) is 5.21. The molecule has 2 heterocycles. The van der Waals surface area contributed by atoms with Crippen LogP contribution in [0.15, 0.2) is 60.8 Å². The molecule has 2 aliphatic heterocycles. The molecule has 0 saturated heterocycles. The van der Waals surface area contributed by atoms with Gasteiger partial charge >= 0.3 is 0 Å². The van der Waals surface area contributed by atoms with Gasteiger partial charge in [0.25, 0.3) is 0 Å². The SMILES string of the molecule is C1=CN2CCSP=C2C(c2ccc3ccccc3c2)=C1. The van der Waals surface area contributed by atoms with Gasteiger partial charge in [-0.05, 0) is 35.9 Å². The maximum absolute atomic E-state index is 2.39. The molecule has 0 N–H and O–H groups in total. The van der Waals surface area contributed by atoms with Gasteiger partial charge in [0.15, 0.2) is 0 Å². The van der Waals surface area contributed by atoms with E-state index in [0.717, 1.165) is 6.54 Å². The summed E-state index contributed by atoms with van der Waals surface area (Å²) in [7, 11) is 1.37. The summed E-state index contributed by atoms with van der Waals surface area (Å²) in [6.07, 6.45) is 6.61. The Morgan fingerprint density at radius 2 is 1.95 bits per heavy atom. The maximum Gasteiger partial charge on any atom is 0.0828 e. The topological polar surface area (TPSA) is 3.24 Å². The van der Waals surface area contributed by atoms with Crippen molar-refractivity contribution in [2.45, 2.75) is 0 Å². The predicted molar refractivity (Wildman–Crippen MR) is 92.2 cm³/mol. The summed E-state index contributed by atoms with van der Waals surface area (Å²) in [4.78, 5) is 2.39. The van der Waals surface area contributed by atoms with E-state index in [1.54, 1.807) is 0 Å². The van der Waals surface area contributed by atoms with Crippen LogP contribution in [0.4, 0.5) is 0 Å². The molecule has 0 saturated carbocycles. The standard InChI is InChI=1S/C17H14NPS/c1-2-5-14-12-15(8-7-13(14)4-1)16-6-3-9-18-10-11-20-19-17(16)18/h1-9,12H,10-11H2. The molecule has 0 radical (unpaired) electrons. The first-order valence-corrected chi connectivity index (χ1v) is 9.25. The van der Waals surface area contributed by atoms with Crippen LogP contribution in [0, 0.1) is 0 Å². The molecular formula is C17H14NPS. The number of hydrogen-bond acceptors (Lipinski definition) is 2. The van der Waals surface area contributed by atoms with Gasteiger partial charge in [0.1, 0.15) is 0 Å². The summed E-state index contributed by atoms with van der Waals surface area (Å²) in [6, 6.07) is 15.3. The Hall–Kier alpha value is -1.50. The number of allylic oxidation sites excluding steroid dienone is 2. The lowest BCUT2D eigenvalue weighted by molar-refractivity contribution is 0.607. The van der Waals surface area contributed by atoms with E-state index in [1.165, 1.54) is 40.5 Å². The van der Waals surface area contributed by atoms with Crippen LogP contribution >= 0.6 is 18.8 Å². The van der Waals surface area contributed by atoms with Gasteiger partial charge in [0.2, 0.25) is 0 Å². The predicted octanol–water partition coefficient (Wildman–Crippen LogP) is 4.79. The van der Waals surface area contributed by atoms with Gasteiger partial charge in [-0.1, -0.05) is 53.9 Å². The van der Waals surface area contributed by atoms with E-state index in [1.807, 2.05) is 11.4 Å². The molecule has 2 aromatic carbocycles. The molecule has 2 aliphatic rings. The molecule has 0 atom stereocenters. The molecule has 98 valence electrons. The maximum atomic E-state index is 2.39. The van der Waals surface area contributed by atoms with Gasteiger partial charge in [-0.25, -0.2) is 0 Å². The van der Waals surface area contributed by atoms with Gasteiger partial charge in [-0.3, -0.25) is 0 Å². The Balaban J connectivity index is 1.83. The normalized spacial score (nSPS) is 18.5. The van der Waals surface area contributed by atoms with E-state index < -0.39 is 0 Å². The lowest BCUT2D eigenvalue weighted by Crippen LogP contribution is -2.30. The van der Waals surface area contributed by atoms with Crippen LogP contribution in [0.1, 0.15) is 5.56 Å². The first-order valence-electron chi connectivity index (χ1n) is 6.76. The largest absolute Gasteiger partial charge is 0.343 e. The molecule has 20 heavy (non-hydrogen) atoms. The zero-order valence-electron chi connectivity index (χ0n) is 11.0. The van der Waals surface area contributed by atoms with Crippen molar-refractivity contribution in [3.63, 3.8) is 0 Å². The van der Waals surface area contributed by atoms with E-state index in [4.69, 9.17) is 0 Å². The Morgan fingerprint density at radius 1 is 1.05 bits per heavy atom. The van der Waals surface area contributed by atoms with Crippen LogP contribution in [0.5, 0.6) is 0 Å². The molecule has 1 nitrogen and oxygen atoms in total. The fraction of sp³-hybridized carbons (Fsp3) is 0.118. The van der Waals surface area contributed by atoms with Gasteiger partial charge in [0, 0.05) is 24.1 Å². The van der Waals surface area contributed by atoms with Gasteiger partial charge in [-0.15, -0.1) is 0 Å². The first-order chi connectivity index (χ1) is 9.92. The molecule has 0 amide bonds. The third-order valence-electron chi connectivity index (χ3n) is 3.68. The van der Waals surface area contributed by atoms with Crippen molar-refractivity contribution in [2.24, 2.45) is 0 Å². The second-order valence-corrected chi connectivity index (χ2v) is 7.52. The van der Waals surface area contributed by atoms with E-state index in [9.17, 15) is 0 Å². The first kappa shape index (κ1) is 12.3. The molecule has 2 aromatic rings. The Kier molecular flexibility index (Phi) is 3.14. The highest BCUT2D eigenvalue weighted by Gasteiger charge is 2.20. The van der Waals surface area contributed by atoms with Crippen LogP contribution in [-0.2, 0) is 0 Å². The Bertz CT molecular complexity index is 760. The van der Waals surface area contributed by atoms with Crippen molar-refractivity contribution in [2.75, 3.05) is 12.3 Å². The molecular weight excluding hydrogens is 281 g/mol. The molecule has 4 rings (SSSR count). The van der Waals surface area contributed by atoms with Crippen molar-refractivity contribution < 1.29 is 0 Å². The number of benzene rings is 2. The monoisotopic (exact) mass is 295 g/mol. The van der Waals surface area contributed by atoms with Crippen LogP contribution in [0.25, 0.3) is 16.3 Å². The van der Waals surface area contributed by atoms with E-state index in [-0.39, 0.29) is 0 Å². The molecule has 0 unspecified atom stereocenters. The lowest BCUT2D eigenvalue weighted by Gasteiger charge is -2.30. The summed E-state index contributed by atoms with van der Waals surface area (Å²) in [6.45, 7) is 1.12. The number of rotatable bonds is 1. The lowest BCUT2D eigenvalue weighted by atomic mass is 9.99. The smallest absolute Gasteiger partial charge is 0.0828 e. The highest BCUT2D eigenvalue weighted by Crippen LogP contribution is 2.36. The van der Waals surface area contributed by atoms with Crippen molar-refractivity contribution in [1.82, 2.24) is 4.90 Å². The molecule has 0 spiro atoms. The Morgan fingerprint density at radius 3 is 2.90 bits per heavy atom. The number of nitrogens with zero attached hydrogens (tertiary/aromatic N) is 1. The summed E-state index contributed by atoms with van der Waals surface area (Å²) in [5.74, 6) is 1.21. The minimum absolute atomic E-state index is 1.12. The fourth-order valence-electron chi connectivity index (χ4n) is 2.65. The molecule has 3 heteroatoms. The molecule has 0 fully saturated rings. The quantitative estimate of drug-likeness (QED) is 0.696. The van der Waals surface area contributed by atoms with Crippen molar-refractivity contribution in [1.29, 1.82) is 0 Å². The van der Waals surface area contributed by atoms with Crippen molar-refractivity contribution in [3.05, 3.63) is 66.4 Å². The van der Waals surface area contributed by atoms with Crippen molar-refractivity contribution >= 4 is 40.6 Å². The zero-order chi connectivity index (χ0) is 13.4. The number of hydrogen-bond donors (Lipinski definition) is 0. The highest BCUT2D eigenvalue weighted by molar-refractivity contribution is 8.49. The van der Waals surface area contributed by atoms with Crippen LogP contribution in [0.2, 0.25) is 0 Å². The molecule has 0 bridgehead atoms. The minimum atomic E-state index is 1.12. The molecule has 0 aromatic heterocycles.